The van der Waals surface area contributed by atoms with Crippen LogP contribution in [0.5, 0.6) is 0 Å². The van der Waals surface area contributed by atoms with E-state index in [1.54, 1.807) is 9.80 Å². The second-order valence-electron chi connectivity index (χ2n) is 8.29. The number of hydrogen-bond acceptors (Lipinski definition) is 2. The first-order chi connectivity index (χ1) is 14.0. The number of benzene rings is 1. The summed E-state index contributed by atoms with van der Waals surface area (Å²) in [5.74, 6) is 0. The van der Waals surface area contributed by atoms with Crippen LogP contribution < -0.4 is 9.80 Å². The van der Waals surface area contributed by atoms with Gasteiger partial charge in [-0.15, -0.1) is 0 Å². The molecule has 0 saturated carbocycles. The summed E-state index contributed by atoms with van der Waals surface area (Å²) in [5.41, 5.74) is 2.15. The van der Waals surface area contributed by atoms with E-state index in [-0.39, 0.29) is 0 Å². The molecule has 2 heterocycles. The van der Waals surface area contributed by atoms with E-state index in [0.717, 1.165) is 37.4 Å². The fourth-order valence-corrected chi connectivity index (χ4v) is 7.94. The Balaban J connectivity index is 1.96. The van der Waals surface area contributed by atoms with Crippen molar-refractivity contribution in [2.75, 3.05) is 79.5 Å². The van der Waals surface area contributed by atoms with Crippen molar-refractivity contribution in [3.05, 3.63) is 30.3 Å². The molecule has 1 atom stereocenters. The lowest BCUT2D eigenvalue weighted by atomic mass is 10.3. The normalized spacial score (nSPS) is 22.8. The van der Waals surface area contributed by atoms with Gasteiger partial charge in [0.1, 0.15) is 6.34 Å². The van der Waals surface area contributed by atoms with Crippen molar-refractivity contribution >= 4 is 29.4 Å². The number of para-hydroxylation sites is 1. The van der Waals surface area contributed by atoms with Gasteiger partial charge in [0, 0.05) is 0 Å². The van der Waals surface area contributed by atoms with Crippen molar-refractivity contribution in [3.63, 3.8) is 0 Å². The zero-order chi connectivity index (χ0) is 20.9. The first kappa shape index (κ1) is 22.9. The van der Waals surface area contributed by atoms with Crippen LogP contribution in [-0.4, -0.2) is 99.4 Å². The van der Waals surface area contributed by atoms with Crippen molar-refractivity contribution in [2.24, 2.45) is 4.99 Å². The highest BCUT2D eigenvalue weighted by Crippen LogP contribution is 2.54. The molecule has 2 saturated heterocycles. The zero-order valence-electron chi connectivity index (χ0n) is 18.6. The molecule has 8 heteroatoms. The van der Waals surface area contributed by atoms with Crippen LogP contribution in [0.3, 0.4) is 0 Å². The van der Waals surface area contributed by atoms with Crippen LogP contribution in [0.2, 0.25) is 0 Å². The molecule has 2 aliphatic rings. The van der Waals surface area contributed by atoms with E-state index in [0.29, 0.717) is 0 Å². The zero-order valence-corrected chi connectivity index (χ0v) is 20.3. The Morgan fingerprint density at radius 2 is 1.48 bits per heavy atom. The Morgan fingerprint density at radius 1 is 0.966 bits per heavy atom. The summed E-state index contributed by atoms with van der Waals surface area (Å²) in [4.78, 5) is 11.1. The monoisotopic (exact) mass is 438 g/mol. The van der Waals surface area contributed by atoms with Gasteiger partial charge in [0.05, 0.1) is 71.1 Å². The molecule has 0 spiro atoms. The summed E-state index contributed by atoms with van der Waals surface area (Å²) in [6, 6.07) is 10.4. The fraction of sp³-hybridized carbons (Fsp3) is 0.667. The molecule has 0 unspecified atom stereocenters. The molecule has 1 aromatic carbocycles. The molecule has 1 aromatic rings. The number of piperazine rings is 2. The number of nitrogens with zero attached hydrogens (tertiary/aromatic N) is 4. The van der Waals surface area contributed by atoms with Crippen LogP contribution in [-0.2, 0) is 11.8 Å². The van der Waals surface area contributed by atoms with Crippen LogP contribution in [0.15, 0.2) is 35.3 Å². The molecule has 6 nitrogen and oxygen atoms in total. The summed E-state index contributed by atoms with van der Waals surface area (Å²) < 4.78 is 4.89. The van der Waals surface area contributed by atoms with Crippen LogP contribution in [0.25, 0.3) is 0 Å². The van der Waals surface area contributed by atoms with Crippen molar-refractivity contribution in [3.8, 4) is 0 Å². The summed E-state index contributed by atoms with van der Waals surface area (Å²) >= 11 is 6.55. The molecule has 2 aliphatic heterocycles. The van der Waals surface area contributed by atoms with Gasteiger partial charge in [-0.3, -0.25) is 4.67 Å². The molecule has 0 amide bonds. The number of nitrogens with one attached hydrogen (secondary N) is 2. The molecule has 29 heavy (non-hydrogen) atoms. The summed E-state index contributed by atoms with van der Waals surface area (Å²) in [7, 11) is 4.32. The highest BCUT2D eigenvalue weighted by Gasteiger charge is 2.40. The number of hydrogen-bond donors (Lipinski definition) is 2. The van der Waals surface area contributed by atoms with Crippen molar-refractivity contribution in [1.29, 1.82) is 0 Å². The van der Waals surface area contributed by atoms with E-state index >= 15 is 0 Å². The SMILES string of the molecule is CC[NH+]1CCN(C(=Nc2ccccc2)[P@](=S)(N(C)C)N2CC[NH+](CC)CC2)CC1. The topological polar surface area (TPSA) is 31.0 Å². The number of amidine groups is 1. The molecular formula is C21H39N6PS+2. The van der Waals surface area contributed by atoms with E-state index in [4.69, 9.17) is 16.8 Å². The minimum absolute atomic E-state index is 1.02. The third-order valence-corrected chi connectivity index (χ3v) is 11.7. The van der Waals surface area contributed by atoms with E-state index < -0.39 is 6.34 Å². The van der Waals surface area contributed by atoms with Crippen molar-refractivity contribution in [1.82, 2.24) is 14.2 Å². The smallest absolute Gasteiger partial charge is 0.167 e. The summed E-state index contributed by atoms with van der Waals surface area (Å²) in [5, 5.41) is 0. The third kappa shape index (κ3) is 5.27. The minimum atomic E-state index is -2.12. The Hall–Kier alpha value is -0.820. The van der Waals surface area contributed by atoms with Gasteiger partial charge < -0.3 is 14.7 Å². The van der Waals surface area contributed by atoms with Crippen LogP contribution in [0, 0.1) is 0 Å². The molecule has 0 aromatic heterocycles. The highest BCUT2D eigenvalue weighted by atomic mass is 32.4. The predicted molar refractivity (Wildman–Crippen MR) is 127 cm³/mol. The van der Waals surface area contributed by atoms with Crippen molar-refractivity contribution in [2.45, 2.75) is 13.8 Å². The van der Waals surface area contributed by atoms with Crippen molar-refractivity contribution < 1.29 is 9.80 Å². The minimum Gasteiger partial charge on any atom is -0.342 e. The summed E-state index contributed by atoms with van der Waals surface area (Å²) in [6.07, 6.45) is -2.12. The van der Waals surface area contributed by atoms with E-state index in [9.17, 15) is 0 Å². The van der Waals surface area contributed by atoms with E-state index in [2.05, 4.69) is 72.5 Å². The van der Waals surface area contributed by atoms with E-state index in [1.165, 1.54) is 39.3 Å². The molecule has 0 bridgehead atoms. The van der Waals surface area contributed by atoms with Crippen LogP contribution in [0.1, 0.15) is 13.8 Å². The highest BCUT2D eigenvalue weighted by molar-refractivity contribution is 8.20. The maximum atomic E-state index is 6.55. The van der Waals surface area contributed by atoms with Crippen LogP contribution >= 0.6 is 6.34 Å². The maximum absolute atomic E-state index is 6.55. The quantitative estimate of drug-likeness (QED) is 0.372. The predicted octanol–water partition coefficient (Wildman–Crippen LogP) is -0.0140. The van der Waals surface area contributed by atoms with Gasteiger partial charge >= 0.3 is 0 Å². The molecule has 2 fully saturated rings. The maximum Gasteiger partial charge on any atom is 0.167 e. The molecule has 3 rings (SSSR count). The Kier molecular flexibility index (Phi) is 8.25. The number of likely N-dealkylation sites (N-methyl/N-ethyl adjacent to an activating group) is 2. The molecule has 162 valence electrons. The van der Waals surface area contributed by atoms with Gasteiger partial charge in [0.2, 0.25) is 0 Å². The number of rotatable bonds is 6. The summed E-state index contributed by atoms with van der Waals surface area (Å²) in [6.45, 7) is 15.9. The largest absolute Gasteiger partial charge is 0.342 e. The molecule has 2 N–H and O–H groups in total. The Labute approximate surface area is 182 Å². The lowest BCUT2D eigenvalue weighted by Crippen LogP contribution is -3.14. The molecule has 0 radical (unpaired) electrons. The fourth-order valence-electron chi connectivity index (χ4n) is 4.31. The van der Waals surface area contributed by atoms with Gasteiger partial charge in [-0.2, -0.15) is 0 Å². The lowest BCUT2D eigenvalue weighted by Gasteiger charge is -2.46. The third-order valence-electron chi connectivity index (χ3n) is 6.37. The average molecular weight is 439 g/mol. The molecule has 0 aliphatic carbocycles. The number of quaternary nitrogens is 2. The molecular weight excluding hydrogens is 399 g/mol. The van der Waals surface area contributed by atoms with Crippen LogP contribution in [0.4, 0.5) is 5.69 Å². The van der Waals surface area contributed by atoms with Gasteiger partial charge in [0.25, 0.3) is 0 Å². The first-order valence-electron chi connectivity index (χ1n) is 11.1. The second-order valence-corrected chi connectivity index (χ2v) is 12.7. The first-order valence-corrected chi connectivity index (χ1v) is 13.8. The van der Waals surface area contributed by atoms with Gasteiger partial charge in [-0.1, -0.05) is 30.0 Å². The van der Waals surface area contributed by atoms with Gasteiger partial charge in [0.15, 0.2) is 5.58 Å². The van der Waals surface area contributed by atoms with Gasteiger partial charge in [-0.05, 0) is 40.1 Å². The second kappa shape index (κ2) is 10.5. The van der Waals surface area contributed by atoms with Gasteiger partial charge in [-0.25, -0.2) is 9.66 Å². The Bertz CT molecular complexity index is 709. The standard InChI is InChI=1S/C21H37N6PS/c1-5-24-12-16-26(17-13-24)21(22-20-10-8-7-9-11-20)28(29,23(3)4)27-18-14-25(6-2)15-19-27/h7-11H,5-6,12-19H2,1-4H3/p+2/t28-/m0/s1. The average Bonchev–Trinajstić information content (AvgIpc) is 2.77. The number of aliphatic imine (C=N–C) groups is 1. The van der Waals surface area contributed by atoms with E-state index in [1.807, 2.05) is 0 Å². The Morgan fingerprint density at radius 3 is 1.97 bits per heavy atom. The lowest BCUT2D eigenvalue weighted by molar-refractivity contribution is -0.902.